The van der Waals surface area contributed by atoms with E-state index in [1.807, 2.05) is 24.3 Å². The first-order valence-corrected chi connectivity index (χ1v) is 9.03. The predicted molar refractivity (Wildman–Crippen MR) is 101 cm³/mol. The van der Waals surface area contributed by atoms with Crippen LogP contribution in [0.15, 0.2) is 47.5 Å². The summed E-state index contributed by atoms with van der Waals surface area (Å²) in [5.74, 6) is 0.208. The van der Waals surface area contributed by atoms with E-state index in [4.69, 9.17) is 0 Å². The SMILES string of the molecule is CC(c1ccccc1)c1cc2c(=O)n(CCC(=O)N(C)C)cnc2s1. The fourth-order valence-electron chi connectivity index (χ4n) is 2.70. The molecule has 0 saturated heterocycles. The molecule has 0 aliphatic heterocycles. The Morgan fingerprint density at radius 1 is 1.28 bits per heavy atom. The maximum absolute atomic E-state index is 12.7. The van der Waals surface area contributed by atoms with Gasteiger partial charge in [-0.2, -0.15) is 0 Å². The number of hydrogen-bond acceptors (Lipinski definition) is 4. The second-order valence-corrected chi connectivity index (χ2v) is 7.34. The normalized spacial score (nSPS) is 12.3. The standard InChI is InChI=1S/C19H21N3O2S/c1-13(14-7-5-4-6-8-14)16-11-15-18(25-16)20-12-22(19(15)24)10-9-17(23)21(2)3/h4-8,11-13H,9-10H2,1-3H3. The average Bonchev–Trinajstić information content (AvgIpc) is 3.06. The highest BCUT2D eigenvalue weighted by atomic mass is 32.1. The van der Waals surface area contributed by atoms with Crippen LogP contribution in [-0.2, 0) is 11.3 Å². The first-order valence-electron chi connectivity index (χ1n) is 8.21. The molecule has 5 nitrogen and oxygen atoms in total. The molecule has 0 radical (unpaired) electrons. The van der Waals surface area contributed by atoms with Crippen molar-refractivity contribution in [1.82, 2.24) is 14.5 Å². The number of aromatic nitrogens is 2. The summed E-state index contributed by atoms with van der Waals surface area (Å²) in [6, 6.07) is 12.2. The maximum Gasteiger partial charge on any atom is 0.262 e. The van der Waals surface area contributed by atoms with E-state index in [9.17, 15) is 9.59 Å². The molecule has 6 heteroatoms. The molecule has 2 aromatic heterocycles. The molecule has 0 bridgehead atoms. The number of rotatable bonds is 5. The van der Waals surface area contributed by atoms with E-state index < -0.39 is 0 Å². The van der Waals surface area contributed by atoms with Crippen molar-refractivity contribution in [3.8, 4) is 0 Å². The van der Waals surface area contributed by atoms with Crippen molar-refractivity contribution >= 4 is 27.5 Å². The van der Waals surface area contributed by atoms with E-state index in [1.54, 1.807) is 31.8 Å². The van der Waals surface area contributed by atoms with Gasteiger partial charge in [-0.05, 0) is 11.6 Å². The highest BCUT2D eigenvalue weighted by Gasteiger charge is 2.15. The fraction of sp³-hybridized carbons (Fsp3) is 0.316. The van der Waals surface area contributed by atoms with Crippen LogP contribution in [0, 0.1) is 0 Å². The third kappa shape index (κ3) is 3.64. The summed E-state index contributed by atoms with van der Waals surface area (Å²) in [6.07, 6.45) is 1.83. The summed E-state index contributed by atoms with van der Waals surface area (Å²) in [5, 5.41) is 0.627. The Balaban J connectivity index is 1.89. The third-order valence-corrected chi connectivity index (χ3v) is 5.55. The van der Waals surface area contributed by atoms with Gasteiger partial charge in [0.05, 0.1) is 11.7 Å². The lowest BCUT2D eigenvalue weighted by atomic mass is 10.00. The smallest absolute Gasteiger partial charge is 0.262 e. The molecule has 25 heavy (non-hydrogen) atoms. The number of carbonyl (C=O) groups is 1. The molecule has 0 spiro atoms. The Morgan fingerprint density at radius 3 is 2.68 bits per heavy atom. The lowest BCUT2D eigenvalue weighted by molar-refractivity contribution is -0.128. The number of benzene rings is 1. The van der Waals surface area contributed by atoms with Gasteiger partial charge < -0.3 is 4.90 Å². The van der Waals surface area contributed by atoms with Crippen LogP contribution < -0.4 is 5.56 Å². The highest BCUT2D eigenvalue weighted by Crippen LogP contribution is 2.32. The van der Waals surface area contributed by atoms with E-state index in [0.717, 1.165) is 9.71 Å². The molecule has 3 aromatic rings. The van der Waals surface area contributed by atoms with Crippen LogP contribution in [0.2, 0.25) is 0 Å². The maximum atomic E-state index is 12.7. The van der Waals surface area contributed by atoms with Gasteiger partial charge in [0.15, 0.2) is 0 Å². The number of amides is 1. The van der Waals surface area contributed by atoms with Gasteiger partial charge in [0.25, 0.3) is 5.56 Å². The molecule has 1 amide bonds. The Labute approximate surface area is 150 Å². The minimum absolute atomic E-state index is 0.00398. The molecule has 0 N–H and O–H groups in total. The van der Waals surface area contributed by atoms with Gasteiger partial charge in [-0.15, -0.1) is 11.3 Å². The zero-order valence-corrected chi connectivity index (χ0v) is 15.4. The van der Waals surface area contributed by atoms with Gasteiger partial charge in [-0.1, -0.05) is 37.3 Å². The van der Waals surface area contributed by atoms with Crippen molar-refractivity contribution in [2.75, 3.05) is 14.1 Å². The van der Waals surface area contributed by atoms with Crippen molar-refractivity contribution in [1.29, 1.82) is 0 Å². The molecular weight excluding hydrogens is 334 g/mol. The molecule has 0 fully saturated rings. The number of nitrogens with zero attached hydrogens (tertiary/aromatic N) is 3. The van der Waals surface area contributed by atoms with Crippen molar-refractivity contribution < 1.29 is 4.79 Å². The van der Waals surface area contributed by atoms with Crippen LogP contribution >= 0.6 is 11.3 Å². The van der Waals surface area contributed by atoms with Crippen LogP contribution in [0.3, 0.4) is 0 Å². The van der Waals surface area contributed by atoms with Gasteiger partial charge in [-0.3, -0.25) is 14.2 Å². The Hall–Kier alpha value is -2.47. The quantitative estimate of drug-likeness (QED) is 0.707. The molecule has 1 atom stereocenters. The van der Waals surface area contributed by atoms with Gasteiger partial charge in [0, 0.05) is 37.9 Å². The number of thiophene rings is 1. The Bertz CT molecular complexity index is 944. The largest absolute Gasteiger partial charge is 0.349 e. The summed E-state index contributed by atoms with van der Waals surface area (Å²) in [7, 11) is 3.42. The monoisotopic (exact) mass is 355 g/mol. The summed E-state index contributed by atoms with van der Waals surface area (Å²) in [5.41, 5.74) is 1.13. The van der Waals surface area contributed by atoms with E-state index >= 15 is 0 Å². The minimum atomic E-state index is -0.0840. The first-order chi connectivity index (χ1) is 12.0. The molecular formula is C19H21N3O2S. The topological polar surface area (TPSA) is 55.2 Å². The van der Waals surface area contributed by atoms with Gasteiger partial charge >= 0.3 is 0 Å². The third-order valence-electron chi connectivity index (χ3n) is 4.33. The van der Waals surface area contributed by atoms with Crippen LogP contribution in [0.5, 0.6) is 0 Å². The Kier molecular flexibility index (Phi) is 4.99. The average molecular weight is 355 g/mol. The summed E-state index contributed by atoms with van der Waals surface area (Å²) in [6.45, 7) is 2.48. The molecule has 2 heterocycles. The number of carbonyl (C=O) groups excluding carboxylic acids is 1. The van der Waals surface area contributed by atoms with Gasteiger partial charge in [-0.25, -0.2) is 4.98 Å². The Morgan fingerprint density at radius 2 is 2.00 bits per heavy atom. The molecule has 0 aliphatic rings. The van der Waals surface area contributed by atoms with Crippen molar-refractivity contribution in [2.24, 2.45) is 0 Å². The fourth-order valence-corrected chi connectivity index (χ4v) is 3.77. The molecule has 130 valence electrons. The highest BCUT2D eigenvalue weighted by molar-refractivity contribution is 7.18. The zero-order chi connectivity index (χ0) is 18.0. The lowest BCUT2D eigenvalue weighted by Crippen LogP contribution is -2.26. The van der Waals surface area contributed by atoms with Crippen LogP contribution in [0.1, 0.15) is 29.7 Å². The van der Waals surface area contributed by atoms with E-state index in [0.29, 0.717) is 11.9 Å². The number of aryl methyl sites for hydroxylation is 1. The lowest BCUT2D eigenvalue weighted by Gasteiger charge is -2.10. The molecule has 3 rings (SSSR count). The zero-order valence-electron chi connectivity index (χ0n) is 14.6. The van der Waals surface area contributed by atoms with Crippen LogP contribution in [-0.4, -0.2) is 34.5 Å². The van der Waals surface area contributed by atoms with Crippen molar-refractivity contribution in [2.45, 2.75) is 25.8 Å². The van der Waals surface area contributed by atoms with Crippen LogP contribution in [0.4, 0.5) is 0 Å². The molecule has 0 aliphatic carbocycles. The van der Waals surface area contributed by atoms with Crippen LogP contribution in [0.25, 0.3) is 10.2 Å². The van der Waals surface area contributed by atoms with E-state index in [2.05, 4.69) is 24.0 Å². The summed E-state index contributed by atoms with van der Waals surface area (Å²) >= 11 is 1.55. The predicted octanol–water partition coefficient (Wildman–Crippen LogP) is 3.09. The minimum Gasteiger partial charge on any atom is -0.349 e. The summed E-state index contributed by atoms with van der Waals surface area (Å²) in [4.78, 5) is 32.2. The second-order valence-electron chi connectivity index (χ2n) is 6.28. The van der Waals surface area contributed by atoms with E-state index in [1.165, 1.54) is 15.0 Å². The van der Waals surface area contributed by atoms with Gasteiger partial charge in [0.1, 0.15) is 4.83 Å². The van der Waals surface area contributed by atoms with Gasteiger partial charge in [0.2, 0.25) is 5.91 Å². The first kappa shape index (κ1) is 17.4. The molecule has 1 aromatic carbocycles. The van der Waals surface area contributed by atoms with E-state index in [-0.39, 0.29) is 23.8 Å². The molecule has 1 unspecified atom stereocenters. The second kappa shape index (κ2) is 7.19. The number of hydrogen-bond donors (Lipinski definition) is 0. The number of fused-ring (bicyclic) bond motifs is 1. The molecule has 0 saturated carbocycles. The van der Waals surface area contributed by atoms with Crippen molar-refractivity contribution in [3.05, 3.63) is 63.5 Å². The summed E-state index contributed by atoms with van der Waals surface area (Å²) < 4.78 is 1.52. The van der Waals surface area contributed by atoms with Crippen molar-refractivity contribution in [3.63, 3.8) is 0 Å².